The van der Waals surface area contributed by atoms with Gasteiger partial charge in [0.15, 0.2) is 0 Å². The molecule has 2 atom stereocenters. The first kappa shape index (κ1) is 13.6. The molecule has 0 unspecified atom stereocenters. The topological polar surface area (TPSA) is 15.3 Å². The van der Waals surface area contributed by atoms with Crippen LogP contribution in [0, 0.1) is 0 Å². The second kappa shape index (κ2) is 6.91. The lowest BCUT2D eigenvalue weighted by Crippen LogP contribution is -2.49. The first-order valence-corrected chi connectivity index (χ1v) is 7.22. The lowest BCUT2D eigenvalue weighted by atomic mass is 9.89. The van der Waals surface area contributed by atoms with Crippen LogP contribution in [-0.2, 0) is 6.42 Å². The Morgan fingerprint density at radius 1 is 1.17 bits per heavy atom. The summed E-state index contributed by atoms with van der Waals surface area (Å²) in [5.74, 6) is 0. The summed E-state index contributed by atoms with van der Waals surface area (Å²) in [7, 11) is 4.39. The second-order valence-electron chi connectivity index (χ2n) is 5.46. The first-order valence-electron chi connectivity index (χ1n) is 7.22. The van der Waals surface area contributed by atoms with Crippen LogP contribution in [-0.4, -0.2) is 37.6 Å². The van der Waals surface area contributed by atoms with Crippen LogP contribution in [0.1, 0.15) is 31.2 Å². The molecule has 1 aromatic rings. The molecule has 1 fully saturated rings. The van der Waals surface area contributed by atoms with Gasteiger partial charge in [0.25, 0.3) is 0 Å². The van der Waals surface area contributed by atoms with Gasteiger partial charge in [0, 0.05) is 18.6 Å². The third-order valence-electron chi connectivity index (χ3n) is 4.26. The predicted octanol–water partition coefficient (Wildman–Crippen LogP) is 2.69. The van der Waals surface area contributed by atoms with Gasteiger partial charge in [-0.15, -0.1) is 0 Å². The molecule has 0 aromatic heterocycles. The minimum absolute atomic E-state index is 0.680. The maximum Gasteiger partial charge on any atom is 0.0246 e. The summed E-state index contributed by atoms with van der Waals surface area (Å²) in [6.45, 7) is 1.16. The summed E-state index contributed by atoms with van der Waals surface area (Å²) < 4.78 is 0. The predicted molar refractivity (Wildman–Crippen MR) is 77.9 cm³/mol. The number of likely N-dealkylation sites (N-methyl/N-ethyl adjacent to an activating group) is 2. The Kier molecular flexibility index (Phi) is 5.21. The molecule has 2 nitrogen and oxygen atoms in total. The molecule has 0 spiro atoms. The summed E-state index contributed by atoms with van der Waals surface area (Å²) in [5, 5.41) is 3.49. The maximum atomic E-state index is 3.49. The fourth-order valence-electron chi connectivity index (χ4n) is 3.09. The normalized spacial score (nSPS) is 24.4. The van der Waals surface area contributed by atoms with Gasteiger partial charge in [-0.25, -0.2) is 0 Å². The van der Waals surface area contributed by atoms with Crippen molar-refractivity contribution < 1.29 is 0 Å². The quantitative estimate of drug-likeness (QED) is 0.859. The molecule has 0 saturated heterocycles. The molecule has 18 heavy (non-hydrogen) atoms. The molecular formula is C16H26N2. The van der Waals surface area contributed by atoms with Crippen molar-refractivity contribution in [1.29, 1.82) is 0 Å². The minimum Gasteiger partial charge on any atom is -0.315 e. The first-order chi connectivity index (χ1) is 8.81. The summed E-state index contributed by atoms with van der Waals surface area (Å²) >= 11 is 0. The summed E-state index contributed by atoms with van der Waals surface area (Å²) in [4.78, 5) is 2.55. The second-order valence-corrected chi connectivity index (χ2v) is 5.46. The lowest BCUT2D eigenvalue weighted by molar-refractivity contribution is 0.155. The van der Waals surface area contributed by atoms with Gasteiger partial charge in [-0.1, -0.05) is 43.2 Å². The molecule has 0 amide bonds. The minimum atomic E-state index is 0.680. The van der Waals surface area contributed by atoms with E-state index in [0.717, 1.165) is 13.0 Å². The van der Waals surface area contributed by atoms with Crippen molar-refractivity contribution in [2.24, 2.45) is 0 Å². The summed E-state index contributed by atoms with van der Waals surface area (Å²) in [6, 6.07) is 12.2. The maximum absolute atomic E-state index is 3.49. The van der Waals surface area contributed by atoms with E-state index < -0.39 is 0 Å². The van der Waals surface area contributed by atoms with Crippen LogP contribution in [0.25, 0.3) is 0 Å². The van der Waals surface area contributed by atoms with E-state index in [1.807, 2.05) is 0 Å². The Morgan fingerprint density at radius 2 is 1.89 bits per heavy atom. The average Bonchev–Trinajstić information content (AvgIpc) is 2.45. The summed E-state index contributed by atoms with van der Waals surface area (Å²) in [5.41, 5.74) is 1.45. The number of benzene rings is 1. The fraction of sp³-hybridized carbons (Fsp3) is 0.625. The molecule has 1 aromatic carbocycles. The molecule has 1 aliphatic rings. The van der Waals surface area contributed by atoms with Crippen LogP contribution in [0.5, 0.6) is 0 Å². The van der Waals surface area contributed by atoms with Crippen molar-refractivity contribution in [3.63, 3.8) is 0 Å². The standard InChI is InChI=1S/C16H26N2/c1-17-15-10-6-7-11-16(15)18(2)13-12-14-8-4-3-5-9-14/h3-5,8-9,15-17H,6-7,10-13H2,1-2H3/t15-,16-/m1/s1. The number of rotatable bonds is 5. The largest absolute Gasteiger partial charge is 0.315 e. The Morgan fingerprint density at radius 3 is 2.61 bits per heavy atom. The van der Waals surface area contributed by atoms with Crippen LogP contribution in [0.2, 0.25) is 0 Å². The molecule has 0 radical (unpaired) electrons. The van der Waals surface area contributed by atoms with Crippen molar-refractivity contribution in [1.82, 2.24) is 10.2 Å². The van der Waals surface area contributed by atoms with Crippen LogP contribution < -0.4 is 5.32 Å². The molecule has 1 saturated carbocycles. The van der Waals surface area contributed by atoms with E-state index in [-0.39, 0.29) is 0 Å². The van der Waals surface area contributed by atoms with Crippen molar-refractivity contribution >= 4 is 0 Å². The van der Waals surface area contributed by atoms with Gasteiger partial charge in [0.05, 0.1) is 0 Å². The van der Waals surface area contributed by atoms with Gasteiger partial charge >= 0.3 is 0 Å². The summed E-state index contributed by atoms with van der Waals surface area (Å²) in [6.07, 6.45) is 6.60. The van der Waals surface area contributed by atoms with Crippen LogP contribution in [0.15, 0.2) is 30.3 Å². The highest BCUT2D eigenvalue weighted by Gasteiger charge is 2.26. The van der Waals surface area contributed by atoms with Gasteiger partial charge in [0.1, 0.15) is 0 Å². The van der Waals surface area contributed by atoms with E-state index in [4.69, 9.17) is 0 Å². The molecule has 1 N–H and O–H groups in total. The average molecular weight is 246 g/mol. The van der Waals surface area contributed by atoms with Crippen LogP contribution in [0.4, 0.5) is 0 Å². The van der Waals surface area contributed by atoms with E-state index in [2.05, 4.69) is 54.6 Å². The fourth-order valence-corrected chi connectivity index (χ4v) is 3.09. The zero-order valence-corrected chi connectivity index (χ0v) is 11.7. The lowest BCUT2D eigenvalue weighted by Gasteiger charge is -2.38. The molecule has 2 heteroatoms. The number of hydrogen-bond donors (Lipinski definition) is 1. The molecule has 100 valence electrons. The third-order valence-corrected chi connectivity index (χ3v) is 4.26. The highest BCUT2D eigenvalue weighted by molar-refractivity contribution is 5.14. The molecule has 0 aliphatic heterocycles. The number of nitrogens with one attached hydrogen (secondary N) is 1. The van der Waals surface area contributed by atoms with Gasteiger partial charge in [-0.3, -0.25) is 0 Å². The molecule has 0 bridgehead atoms. The Labute approximate surface area is 111 Å². The molecule has 0 heterocycles. The van der Waals surface area contributed by atoms with Gasteiger partial charge in [-0.05, 0) is 38.9 Å². The van der Waals surface area contributed by atoms with Crippen molar-refractivity contribution in [2.75, 3.05) is 20.6 Å². The van der Waals surface area contributed by atoms with E-state index in [1.165, 1.54) is 31.2 Å². The number of hydrogen-bond acceptors (Lipinski definition) is 2. The Hall–Kier alpha value is -0.860. The van der Waals surface area contributed by atoms with Gasteiger partial charge < -0.3 is 10.2 Å². The smallest absolute Gasteiger partial charge is 0.0246 e. The molecule has 2 rings (SSSR count). The van der Waals surface area contributed by atoms with E-state index in [9.17, 15) is 0 Å². The van der Waals surface area contributed by atoms with Crippen LogP contribution >= 0.6 is 0 Å². The Bertz CT molecular complexity index is 336. The van der Waals surface area contributed by atoms with Crippen molar-refractivity contribution in [3.8, 4) is 0 Å². The number of nitrogens with zero attached hydrogens (tertiary/aromatic N) is 1. The van der Waals surface area contributed by atoms with Crippen molar-refractivity contribution in [3.05, 3.63) is 35.9 Å². The van der Waals surface area contributed by atoms with Crippen molar-refractivity contribution in [2.45, 2.75) is 44.2 Å². The van der Waals surface area contributed by atoms with Crippen LogP contribution in [0.3, 0.4) is 0 Å². The van der Waals surface area contributed by atoms with E-state index in [0.29, 0.717) is 12.1 Å². The van der Waals surface area contributed by atoms with Gasteiger partial charge in [-0.2, -0.15) is 0 Å². The monoisotopic (exact) mass is 246 g/mol. The zero-order valence-electron chi connectivity index (χ0n) is 11.7. The van der Waals surface area contributed by atoms with Gasteiger partial charge in [0.2, 0.25) is 0 Å². The molecule has 1 aliphatic carbocycles. The molecular weight excluding hydrogens is 220 g/mol. The highest BCUT2D eigenvalue weighted by atomic mass is 15.2. The SMILES string of the molecule is CN[C@@H]1CCCC[C@H]1N(C)CCc1ccccc1. The van der Waals surface area contributed by atoms with E-state index >= 15 is 0 Å². The Balaban J connectivity index is 1.85. The highest BCUT2D eigenvalue weighted by Crippen LogP contribution is 2.22. The van der Waals surface area contributed by atoms with E-state index in [1.54, 1.807) is 0 Å². The third kappa shape index (κ3) is 3.56. The zero-order chi connectivity index (χ0) is 12.8.